The van der Waals surface area contributed by atoms with E-state index in [9.17, 15) is 9.59 Å². The van der Waals surface area contributed by atoms with Gasteiger partial charge in [0.1, 0.15) is 0 Å². The fourth-order valence-corrected chi connectivity index (χ4v) is 4.77. The molecule has 156 valence electrons. The molecule has 0 heterocycles. The van der Waals surface area contributed by atoms with E-state index in [1.807, 2.05) is 0 Å². The normalized spacial score (nSPS) is 26.6. The Morgan fingerprint density at radius 3 is 2.04 bits per heavy atom. The van der Waals surface area contributed by atoms with Crippen molar-refractivity contribution in [1.29, 1.82) is 0 Å². The summed E-state index contributed by atoms with van der Waals surface area (Å²) in [6.07, 6.45) is 12.5. The minimum atomic E-state index is -0.359. The fraction of sp³-hybridized carbons (Fsp3) is 0.818. The van der Waals surface area contributed by atoms with Gasteiger partial charge in [-0.05, 0) is 76.0 Å². The van der Waals surface area contributed by atoms with E-state index in [0.29, 0.717) is 13.2 Å². The van der Waals surface area contributed by atoms with E-state index >= 15 is 0 Å². The molecule has 0 aliphatic heterocycles. The van der Waals surface area contributed by atoms with Gasteiger partial charge in [-0.15, -0.1) is 0 Å². The molecule has 5 heteroatoms. The molecule has 0 radical (unpaired) electrons. The van der Waals surface area contributed by atoms with Gasteiger partial charge in [-0.2, -0.15) is 0 Å². The van der Waals surface area contributed by atoms with E-state index in [-0.39, 0.29) is 12.1 Å². The number of hydrogen-bond acceptors (Lipinski definition) is 4. The number of amides is 1. The van der Waals surface area contributed by atoms with E-state index in [2.05, 4.69) is 28.3 Å². The summed E-state index contributed by atoms with van der Waals surface area (Å²) in [5.41, 5.74) is 0. The van der Waals surface area contributed by atoms with Crippen LogP contribution in [0.5, 0.6) is 0 Å². The van der Waals surface area contributed by atoms with Crippen LogP contribution in [-0.2, 0) is 14.3 Å². The molecule has 1 amide bonds. The van der Waals surface area contributed by atoms with Gasteiger partial charge in [-0.3, -0.25) is 0 Å². The van der Waals surface area contributed by atoms with Crippen LogP contribution in [0.3, 0.4) is 0 Å². The molecule has 2 bridgehead atoms. The molecule has 0 aromatic heterocycles. The highest BCUT2D eigenvalue weighted by Crippen LogP contribution is 2.58. The second-order valence-electron chi connectivity index (χ2n) is 7.55. The van der Waals surface area contributed by atoms with Crippen molar-refractivity contribution in [2.75, 3.05) is 19.8 Å². The van der Waals surface area contributed by atoms with Gasteiger partial charge in [0.05, 0.1) is 13.2 Å². The summed E-state index contributed by atoms with van der Waals surface area (Å²) in [5.74, 6) is 4.44. The van der Waals surface area contributed by atoms with Gasteiger partial charge in [-0.25, -0.2) is 9.59 Å². The fourth-order valence-electron chi connectivity index (χ4n) is 4.77. The van der Waals surface area contributed by atoms with Crippen molar-refractivity contribution >= 4 is 12.1 Å². The number of nitrogens with one attached hydrogen (secondary N) is 1. The van der Waals surface area contributed by atoms with Crippen LogP contribution in [0, 0.1) is 23.7 Å². The van der Waals surface area contributed by atoms with Gasteiger partial charge in [0.15, 0.2) is 0 Å². The summed E-state index contributed by atoms with van der Waals surface area (Å²) in [6.45, 7) is 10.4. The minimum absolute atomic E-state index is 0.309. The molecule has 1 N–H and O–H groups in total. The lowest BCUT2D eigenvalue weighted by molar-refractivity contribution is -0.137. The molecule has 27 heavy (non-hydrogen) atoms. The van der Waals surface area contributed by atoms with Crippen LogP contribution in [0.15, 0.2) is 12.7 Å². The highest BCUT2D eigenvalue weighted by Gasteiger charge is 2.48. The average molecular weight is 382 g/mol. The molecule has 0 aromatic carbocycles. The van der Waals surface area contributed by atoms with Crippen LogP contribution in [0.2, 0.25) is 0 Å². The second-order valence-corrected chi connectivity index (χ2v) is 7.55. The predicted octanol–water partition coefficient (Wildman–Crippen LogP) is 5.10. The first kappa shape index (κ1) is 23.5. The average Bonchev–Trinajstić information content (AvgIpc) is 3.38. The summed E-state index contributed by atoms with van der Waals surface area (Å²) < 4.78 is 9.07. The van der Waals surface area contributed by atoms with E-state index in [4.69, 9.17) is 0 Å². The Hall–Kier alpha value is -1.52. The summed E-state index contributed by atoms with van der Waals surface area (Å²) in [6, 6.07) is 0. The first-order valence-electron chi connectivity index (χ1n) is 10.8. The van der Waals surface area contributed by atoms with Gasteiger partial charge in [-0.1, -0.05) is 26.3 Å². The molecule has 3 aliphatic rings. The number of carbonyl (C=O) groups excluding carboxylic acids is 2. The summed E-state index contributed by atoms with van der Waals surface area (Å²) >= 11 is 0. The van der Waals surface area contributed by atoms with Crippen molar-refractivity contribution in [3.8, 4) is 0 Å². The number of esters is 1. The van der Waals surface area contributed by atoms with Gasteiger partial charge >= 0.3 is 12.1 Å². The SMILES string of the molecule is C1CC2C3CCC(C3)C2C1.C=CC(=O)OCC.CCCCNC(=O)OCC. The van der Waals surface area contributed by atoms with Crippen LogP contribution >= 0.6 is 0 Å². The topological polar surface area (TPSA) is 64.6 Å². The molecule has 0 aromatic rings. The molecule has 3 saturated carbocycles. The van der Waals surface area contributed by atoms with Crippen molar-refractivity contribution in [1.82, 2.24) is 5.32 Å². The molecule has 4 unspecified atom stereocenters. The van der Waals surface area contributed by atoms with E-state index in [0.717, 1.165) is 25.5 Å². The smallest absolute Gasteiger partial charge is 0.407 e. The van der Waals surface area contributed by atoms with Crippen molar-refractivity contribution in [2.24, 2.45) is 23.7 Å². The van der Waals surface area contributed by atoms with E-state index in [1.54, 1.807) is 52.4 Å². The molecular weight excluding hydrogens is 342 g/mol. The lowest BCUT2D eigenvalue weighted by Crippen LogP contribution is -2.24. The highest BCUT2D eigenvalue weighted by molar-refractivity contribution is 5.81. The monoisotopic (exact) mass is 381 g/mol. The maximum Gasteiger partial charge on any atom is 0.407 e. The Labute approximate surface area is 165 Å². The zero-order valence-electron chi connectivity index (χ0n) is 17.5. The van der Waals surface area contributed by atoms with Gasteiger partial charge in [0.25, 0.3) is 0 Å². The van der Waals surface area contributed by atoms with Crippen molar-refractivity contribution in [2.45, 2.75) is 72.1 Å². The van der Waals surface area contributed by atoms with E-state index < -0.39 is 0 Å². The summed E-state index contributed by atoms with van der Waals surface area (Å²) in [7, 11) is 0. The first-order chi connectivity index (χ1) is 13.1. The van der Waals surface area contributed by atoms with Crippen LogP contribution < -0.4 is 5.32 Å². The van der Waals surface area contributed by atoms with Gasteiger partial charge in [0.2, 0.25) is 0 Å². The van der Waals surface area contributed by atoms with Crippen molar-refractivity contribution in [3.63, 3.8) is 0 Å². The number of alkyl carbamates (subject to hydrolysis) is 1. The third-order valence-electron chi connectivity index (χ3n) is 5.88. The predicted molar refractivity (Wildman–Crippen MR) is 108 cm³/mol. The Kier molecular flexibility index (Phi) is 11.9. The van der Waals surface area contributed by atoms with E-state index in [1.165, 1.54) is 23.7 Å². The first-order valence-corrected chi connectivity index (χ1v) is 10.8. The van der Waals surface area contributed by atoms with Crippen molar-refractivity contribution in [3.05, 3.63) is 12.7 Å². The molecule has 5 nitrogen and oxygen atoms in total. The Bertz CT molecular complexity index is 436. The maximum atomic E-state index is 10.6. The number of ether oxygens (including phenoxy) is 2. The number of hydrogen-bond donors (Lipinski definition) is 1. The number of rotatable bonds is 6. The maximum absolute atomic E-state index is 10.6. The van der Waals surface area contributed by atoms with Crippen LogP contribution in [0.4, 0.5) is 4.79 Å². The number of unbranched alkanes of at least 4 members (excludes halogenated alkanes) is 1. The molecule has 4 atom stereocenters. The molecule has 3 aliphatic carbocycles. The zero-order valence-corrected chi connectivity index (χ0v) is 17.5. The van der Waals surface area contributed by atoms with Crippen LogP contribution in [-0.4, -0.2) is 31.8 Å². The third kappa shape index (κ3) is 8.35. The quantitative estimate of drug-likeness (QED) is 0.395. The van der Waals surface area contributed by atoms with Gasteiger partial charge < -0.3 is 14.8 Å². The third-order valence-corrected chi connectivity index (χ3v) is 5.88. The number of fused-ring (bicyclic) bond motifs is 5. The lowest BCUT2D eigenvalue weighted by Gasteiger charge is -2.23. The molecule has 0 spiro atoms. The summed E-state index contributed by atoms with van der Waals surface area (Å²) in [4.78, 5) is 20.7. The molecular formula is C22H39NO4. The molecule has 0 saturated heterocycles. The van der Waals surface area contributed by atoms with Crippen LogP contribution in [0.1, 0.15) is 72.1 Å². The second kappa shape index (κ2) is 13.6. The Morgan fingerprint density at radius 1 is 1.00 bits per heavy atom. The van der Waals surface area contributed by atoms with Gasteiger partial charge in [0, 0.05) is 12.6 Å². The van der Waals surface area contributed by atoms with Crippen LogP contribution in [0.25, 0.3) is 0 Å². The summed E-state index contributed by atoms with van der Waals surface area (Å²) in [5, 5.41) is 2.62. The Morgan fingerprint density at radius 2 is 1.59 bits per heavy atom. The lowest BCUT2D eigenvalue weighted by atomic mass is 9.82. The number of carbonyl (C=O) groups is 2. The minimum Gasteiger partial charge on any atom is -0.463 e. The Balaban J connectivity index is 0.000000207. The molecule has 3 fully saturated rings. The highest BCUT2D eigenvalue weighted by atomic mass is 16.5. The zero-order chi connectivity index (χ0) is 20.1. The van der Waals surface area contributed by atoms with Crippen molar-refractivity contribution < 1.29 is 19.1 Å². The standard InChI is InChI=1S/C10H16.C7H15NO2.C5H8O2/c1-2-9-7-4-5-8(6-7)10(9)3-1;1-3-5-6-8-7(9)10-4-2;1-3-5(6)7-4-2/h7-10H,1-6H2;3-6H2,1-2H3,(H,8,9);3H,1,4H2,2H3. The largest absolute Gasteiger partial charge is 0.463 e. The molecule has 3 rings (SSSR count).